The molecule has 4 aliphatic heterocycles. The van der Waals surface area contributed by atoms with Crippen LogP contribution < -0.4 is 15.0 Å². The number of nitrogens with zero attached hydrogens (tertiary/aromatic N) is 5. The third-order valence-corrected chi connectivity index (χ3v) is 9.93. The van der Waals surface area contributed by atoms with Crippen molar-refractivity contribution in [3.8, 4) is 35.4 Å². The van der Waals surface area contributed by atoms with Gasteiger partial charge in [0.1, 0.15) is 41.4 Å². The molecule has 4 fully saturated rings. The Bertz CT molecular complexity index is 1950. The molecule has 2 bridgehead atoms. The van der Waals surface area contributed by atoms with Crippen LogP contribution in [-0.2, 0) is 0 Å². The maximum atomic E-state index is 16.7. The number of pyridine rings is 1. The van der Waals surface area contributed by atoms with Crippen LogP contribution in [0.25, 0.3) is 32.9 Å². The van der Waals surface area contributed by atoms with Crippen molar-refractivity contribution in [2.45, 2.75) is 55.4 Å². The molecule has 0 aliphatic carbocycles. The number of hydrogen-bond acceptors (Lipinski definition) is 8. The monoisotopic (exact) mass is 636 g/mol. The van der Waals surface area contributed by atoms with Gasteiger partial charge in [0.2, 0.25) is 0 Å². The van der Waals surface area contributed by atoms with Crippen molar-refractivity contribution in [3.05, 3.63) is 47.7 Å². The first-order valence-corrected chi connectivity index (χ1v) is 15.2. The number of alkyl halides is 3. The second kappa shape index (κ2) is 10.4. The van der Waals surface area contributed by atoms with Gasteiger partial charge in [0.25, 0.3) is 5.92 Å². The molecule has 13 heteroatoms. The molecule has 8 rings (SSSR count). The summed E-state index contributed by atoms with van der Waals surface area (Å²) < 4.78 is 81.4. The zero-order valence-electron chi connectivity index (χ0n) is 24.5. The Labute approximate surface area is 260 Å². The maximum absolute atomic E-state index is 16.7. The van der Waals surface area contributed by atoms with E-state index in [-0.39, 0.29) is 76.8 Å². The highest BCUT2D eigenvalue weighted by Crippen LogP contribution is 2.43. The van der Waals surface area contributed by atoms with E-state index in [0.717, 1.165) is 19.4 Å². The van der Waals surface area contributed by atoms with Gasteiger partial charge in [0.15, 0.2) is 5.82 Å². The van der Waals surface area contributed by atoms with E-state index in [4.69, 9.17) is 11.2 Å². The molecule has 4 aliphatic rings. The smallest absolute Gasteiger partial charge is 0.319 e. The zero-order chi connectivity index (χ0) is 32.0. The van der Waals surface area contributed by atoms with E-state index in [1.165, 1.54) is 30.5 Å². The summed E-state index contributed by atoms with van der Waals surface area (Å²) in [6, 6.07) is 3.40. The number of nitrogens with one attached hydrogen (secondary N) is 1. The second-order valence-electron chi connectivity index (χ2n) is 12.8. The van der Waals surface area contributed by atoms with E-state index in [1.807, 2.05) is 0 Å². The first-order valence-electron chi connectivity index (χ1n) is 15.2. The average Bonchev–Trinajstić information content (AvgIpc) is 3.61. The minimum Gasteiger partial charge on any atom is -0.508 e. The van der Waals surface area contributed by atoms with Gasteiger partial charge in [0.05, 0.1) is 22.5 Å². The molecule has 6 heterocycles. The molecule has 0 amide bonds. The third kappa shape index (κ3) is 4.52. The Morgan fingerprint density at radius 3 is 2.78 bits per heavy atom. The standard InChI is InChI=1S/C33H29F5N6O2/c1-2-21-24(35)5-4-17-8-20(45)9-22(26(17)21)28-27(36)29-23(12-39-28)30(43-14-19-11-33(37,38)25(15-43)40-19)42-31(41-29)46-16-32-6-3-7-44(32)13-18(34)10-32/h1,4-5,8-9,12,18-19,25,40,45H,3,6-7,10-11,13-16H2/t18-,19-,25-,32+/m1/s1. The predicted molar refractivity (Wildman–Crippen MR) is 161 cm³/mol. The molecule has 2 N–H and O–H groups in total. The van der Waals surface area contributed by atoms with Gasteiger partial charge < -0.3 is 20.1 Å². The fraction of sp³-hybridized carbons (Fsp3) is 0.424. The Morgan fingerprint density at radius 1 is 1.13 bits per heavy atom. The number of aromatic nitrogens is 3. The molecule has 4 atom stereocenters. The van der Waals surface area contributed by atoms with E-state index in [9.17, 15) is 22.7 Å². The topological polar surface area (TPSA) is 86.6 Å². The SMILES string of the molecule is C#Cc1c(F)ccc2cc(O)cc(-c3ncc4c(N5C[C@H]6CC(F)(F)[C@@H](C5)N6)nc(OC[C@@]56CCCN5C[C@H](F)C6)nc4c3F)c12. The Morgan fingerprint density at radius 2 is 1.98 bits per heavy atom. The third-order valence-electron chi connectivity index (χ3n) is 9.93. The first-order chi connectivity index (χ1) is 22.0. The molecule has 238 valence electrons. The average molecular weight is 637 g/mol. The van der Waals surface area contributed by atoms with E-state index in [2.05, 4.69) is 31.1 Å². The molecule has 0 spiro atoms. The van der Waals surface area contributed by atoms with Crippen molar-refractivity contribution in [1.82, 2.24) is 25.2 Å². The lowest BCUT2D eigenvalue weighted by atomic mass is 9.95. The number of hydrogen-bond donors (Lipinski definition) is 2. The number of terminal acetylenes is 1. The molecular weight excluding hydrogens is 607 g/mol. The largest absolute Gasteiger partial charge is 0.508 e. The van der Waals surface area contributed by atoms with Gasteiger partial charge >= 0.3 is 6.01 Å². The van der Waals surface area contributed by atoms with Gasteiger partial charge in [-0.15, -0.1) is 6.42 Å². The second-order valence-corrected chi connectivity index (χ2v) is 12.8. The number of rotatable bonds is 5. The summed E-state index contributed by atoms with van der Waals surface area (Å²) in [5, 5.41) is 14.1. The van der Waals surface area contributed by atoms with E-state index >= 15 is 4.39 Å². The highest BCUT2D eigenvalue weighted by molar-refractivity contribution is 6.03. The van der Waals surface area contributed by atoms with E-state index < -0.39 is 41.4 Å². The Kier molecular flexibility index (Phi) is 6.57. The zero-order valence-corrected chi connectivity index (χ0v) is 24.5. The van der Waals surface area contributed by atoms with Crippen molar-refractivity contribution < 1.29 is 31.8 Å². The van der Waals surface area contributed by atoms with Crippen molar-refractivity contribution in [1.29, 1.82) is 0 Å². The van der Waals surface area contributed by atoms with Crippen LogP contribution in [-0.4, -0.2) is 87.5 Å². The maximum Gasteiger partial charge on any atom is 0.319 e. The van der Waals surface area contributed by atoms with Crippen LogP contribution in [0.5, 0.6) is 11.8 Å². The number of benzene rings is 2. The van der Waals surface area contributed by atoms with Gasteiger partial charge in [0, 0.05) is 55.7 Å². The number of piperazine rings is 1. The summed E-state index contributed by atoms with van der Waals surface area (Å²) in [7, 11) is 0. The van der Waals surface area contributed by atoms with E-state index in [1.54, 1.807) is 4.90 Å². The molecule has 4 aromatic rings. The lowest BCUT2D eigenvalue weighted by Crippen LogP contribution is -2.54. The first kappa shape index (κ1) is 29.1. The summed E-state index contributed by atoms with van der Waals surface area (Å²) in [6.07, 6.45) is 7.56. The number of aromatic hydroxyl groups is 1. The summed E-state index contributed by atoms with van der Waals surface area (Å²) in [5.74, 6) is -2.26. The molecular formula is C33H29F5N6O2. The van der Waals surface area contributed by atoms with Gasteiger partial charge in [-0.25, -0.2) is 22.0 Å². The van der Waals surface area contributed by atoms with E-state index in [0.29, 0.717) is 18.4 Å². The van der Waals surface area contributed by atoms with Gasteiger partial charge in [-0.1, -0.05) is 12.0 Å². The summed E-state index contributed by atoms with van der Waals surface area (Å²) in [6.45, 7) is 1.22. The highest BCUT2D eigenvalue weighted by atomic mass is 19.3. The Hall–Kier alpha value is -4.28. The van der Waals surface area contributed by atoms with Crippen LogP contribution in [0.2, 0.25) is 0 Å². The molecule has 46 heavy (non-hydrogen) atoms. The number of fused-ring (bicyclic) bond motifs is 5. The highest BCUT2D eigenvalue weighted by Gasteiger charge is 2.53. The number of anilines is 1. The fourth-order valence-electron chi connectivity index (χ4n) is 7.89. The summed E-state index contributed by atoms with van der Waals surface area (Å²) in [4.78, 5) is 17.1. The van der Waals surface area contributed by atoms with Crippen LogP contribution in [0.4, 0.5) is 27.8 Å². The fourth-order valence-corrected chi connectivity index (χ4v) is 7.89. The normalized spacial score (nSPS) is 27.0. The molecule has 2 aromatic carbocycles. The molecule has 0 unspecified atom stereocenters. The quantitative estimate of drug-likeness (QED) is 0.235. The van der Waals surface area contributed by atoms with Crippen LogP contribution in [0.15, 0.2) is 30.5 Å². The number of halogens is 5. The summed E-state index contributed by atoms with van der Waals surface area (Å²) >= 11 is 0. The summed E-state index contributed by atoms with van der Waals surface area (Å²) in [5.41, 5.74) is -1.07. The lowest BCUT2D eigenvalue weighted by Gasteiger charge is -2.34. The number of ether oxygens (including phenoxy) is 1. The molecule has 8 nitrogen and oxygen atoms in total. The van der Waals surface area contributed by atoms with Crippen LogP contribution in [0.3, 0.4) is 0 Å². The number of phenols is 1. The molecule has 0 radical (unpaired) electrons. The predicted octanol–water partition coefficient (Wildman–Crippen LogP) is 4.95. The minimum absolute atomic E-state index is 0.0461. The number of phenolic OH excluding ortho intramolecular Hbond substituents is 1. The van der Waals surface area contributed by atoms with Crippen LogP contribution in [0.1, 0.15) is 31.2 Å². The van der Waals surface area contributed by atoms with Crippen molar-refractivity contribution in [2.24, 2.45) is 0 Å². The van der Waals surface area contributed by atoms with Crippen molar-refractivity contribution in [3.63, 3.8) is 0 Å². The molecule has 0 saturated carbocycles. The minimum atomic E-state index is -2.92. The van der Waals surface area contributed by atoms with Crippen molar-refractivity contribution >= 4 is 27.5 Å². The molecule has 2 aromatic heterocycles. The molecule has 4 saturated heterocycles. The van der Waals surface area contributed by atoms with Gasteiger partial charge in [-0.05, 0) is 43.0 Å². The van der Waals surface area contributed by atoms with Crippen LogP contribution in [0, 0.1) is 24.0 Å². The van der Waals surface area contributed by atoms with Crippen molar-refractivity contribution in [2.75, 3.05) is 37.7 Å². The van der Waals surface area contributed by atoms with Crippen LogP contribution >= 0.6 is 0 Å². The van der Waals surface area contributed by atoms with Gasteiger partial charge in [-0.3, -0.25) is 9.88 Å². The lowest BCUT2D eigenvalue weighted by molar-refractivity contribution is -0.00735. The van der Waals surface area contributed by atoms with Gasteiger partial charge in [-0.2, -0.15) is 9.97 Å². The Balaban J connectivity index is 1.28.